The van der Waals surface area contributed by atoms with Crippen molar-refractivity contribution in [2.75, 3.05) is 4.90 Å². The Labute approximate surface area is 196 Å². The minimum Gasteiger partial charge on any atom is -0.467 e. The molecule has 1 unspecified atom stereocenters. The zero-order chi connectivity index (χ0) is 23.4. The molecule has 1 aliphatic heterocycles. The molecule has 166 valence electrons. The highest BCUT2D eigenvalue weighted by molar-refractivity contribution is 8.05. The minimum atomic E-state index is -0.544. The summed E-state index contributed by atoms with van der Waals surface area (Å²) in [6.07, 6.45) is 2.02. The molecule has 1 aromatic heterocycles. The molecule has 3 aromatic rings. The SMILES string of the molecule is Cc1ccc(N2C(=O)C(Cc3cccc(C)c3)S/C2=C(/C#N)C(=O)NCc2ccco2)cc1. The summed E-state index contributed by atoms with van der Waals surface area (Å²) in [5, 5.41) is 12.5. The molecular weight excluding hydrogens is 434 g/mol. The Morgan fingerprint density at radius 3 is 2.58 bits per heavy atom. The lowest BCUT2D eigenvalue weighted by molar-refractivity contribution is -0.117. The Balaban J connectivity index is 1.68. The molecule has 1 N–H and O–H groups in total. The van der Waals surface area contributed by atoms with Crippen molar-refractivity contribution in [2.24, 2.45) is 0 Å². The van der Waals surface area contributed by atoms with E-state index in [2.05, 4.69) is 5.32 Å². The standard InChI is InChI=1S/C26H23N3O3S/c1-17-8-10-20(11-9-17)29-25(31)23(14-19-6-3-5-18(2)13-19)33-26(29)22(15-27)24(30)28-16-21-7-4-12-32-21/h3-13,23H,14,16H2,1-2H3,(H,28,30)/b26-22-. The number of benzene rings is 2. The summed E-state index contributed by atoms with van der Waals surface area (Å²) in [5.41, 5.74) is 3.74. The van der Waals surface area contributed by atoms with Crippen molar-refractivity contribution in [3.05, 3.63) is 100.0 Å². The zero-order valence-electron chi connectivity index (χ0n) is 18.4. The molecule has 0 saturated carbocycles. The van der Waals surface area contributed by atoms with E-state index in [4.69, 9.17) is 4.42 Å². The maximum absolute atomic E-state index is 13.5. The summed E-state index contributed by atoms with van der Waals surface area (Å²) in [5.74, 6) is -0.113. The van der Waals surface area contributed by atoms with Crippen LogP contribution in [0.4, 0.5) is 5.69 Å². The summed E-state index contributed by atoms with van der Waals surface area (Å²) in [4.78, 5) is 27.9. The fraction of sp³-hybridized carbons (Fsp3) is 0.192. The number of amides is 2. The van der Waals surface area contributed by atoms with Crippen LogP contribution in [0.1, 0.15) is 22.5 Å². The summed E-state index contributed by atoms with van der Waals surface area (Å²) < 4.78 is 5.25. The van der Waals surface area contributed by atoms with Gasteiger partial charge in [-0.2, -0.15) is 5.26 Å². The van der Waals surface area contributed by atoms with Crippen molar-refractivity contribution in [1.29, 1.82) is 5.26 Å². The van der Waals surface area contributed by atoms with Gasteiger partial charge in [0, 0.05) is 5.69 Å². The fourth-order valence-corrected chi connectivity index (χ4v) is 4.95. The number of thioether (sulfide) groups is 1. The molecule has 0 spiro atoms. The Bertz CT molecular complexity index is 1240. The summed E-state index contributed by atoms with van der Waals surface area (Å²) in [6, 6.07) is 21.0. The molecule has 2 heterocycles. The highest BCUT2D eigenvalue weighted by Gasteiger charge is 2.40. The zero-order valence-corrected chi connectivity index (χ0v) is 19.2. The summed E-state index contributed by atoms with van der Waals surface area (Å²) in [7, 11) is 0. The van der Waals surface area contributed by atoms with Crippen molar-refractivity contribution in [3.8, 4) is 6.07 Å². The lowest BCUT2D eigenvalue weighted by Gasteiger charge is -2.19. The molecular formula is C26H23N3O3S. The second kappa shape index (κ2) is 9.80. The van der Waals surface area contributed by atoms with Gasteiger partial charge in [-0.15, -0.1) is 0 Å². The van der Waals surface area contributed by atoms with Crippen molar-refractivity contribution < 1.29 is 14.0 Å². The van der Waals surface area contributed by atoms with Gasteiger partial charge in [-0.3, -0.25) is 14.5 Å². The van der Waals surface area contributed by atoms with Crippen LogP contribution in [0.3, 0.4) is 0 Å². The van der Waals surface area contributed by atoms with Gasteiger partial charge in [0.2, 0.25) is 5.91 Å². The molecule has 0 radical (unpaired) electrons. The topological polar surface area (TPSA) is 86.3 Å². The summed E-state index contributed by atoms with van der Waals surface area (Å²) in [6.45, 7) is 4.12. The van der Waals surface area contributed by atoms with E-state index in [0.29, 0.717) is 22.9 Å². The third-order valence-electron chi connectivity index (χ3n) is 5.30. The van der Waals surface area contributed by atoms with Gasteiger partial charge in [0.05, 0.1) is 18.1 Å². The maximum Gasteiger partial charge on any atom is 0.265 e. The first-order chi connectivity index (χ1) is 16.0. The van der Waals surface area contributed by atoms with E-state index >= 15 is 0 Å². The van der Waals surface area contributed by atoms with Gasteiger partial charge in [0.25, 0.3) is 5.91 Å². The summed E-state index contributed by atoms with van der Waals surface area (Å²) >= 11 is 1.26. The van der Waals surface area contributed by atoms with E-state index in [9.17, 15) is 14.9 Å². The molecule has 1 aliphatic rings. The molecule has 2 aromatic carbocycles. The van der Waals surface area contributed by atoms with Crippen LogP contribution in [-0.4, -0.2) is 17.1 Å². The third-order valence-corrected chi connectivity index (χ3v) is 6.57. The highest BCUT2D eigenvalue weighted by atomic mass is 32.2. The van der Waals surface area contributed by atoms with Crippen LogP contribution in [0.5, 0.6) is 0 Å². The average molecular weight is 458 g/mol. The first-order valence-corrected chi connectivity index (χ1v) is 11.4. The number of furan rings is 1. The van der Waals surface area contributed by atoms with Crippen molar-refractivity contribution >= 4 is 29.3 Å². The Morgan fingerprint density at radius 2 is 1.91 bits per heavy atom. The molecule has 4 rings (SSSR count). The van der Waals surface area contributed by atoms with E-state index in [-0.39, 0.29) is 18.0 Å². The lowest BCUT2D eigenvalue weighted by atomic mass is 10.1. The van der Waals surface area contributed by atoms with E-state index in [1.54, 1.807) is 12.1 Å². The Kier molecular flexibility index (Phi) is 6.66. The molecule has 7 heteroatoms. The van der Waals surface area contributed by atoms with E-state index in [1.807, 2.05) is 68.4 Å². The molecule has 0 aliphatic carbocycles. The molecule has 0 bridgehead atoms. The predicted octanol–water partition coefficient (Wildman–Crippen LogP) is 4.64. The quantitative estimate of drug-likeness (QED) is 0.431. The highest BCUT2D eigenvalue weighted by Crippen LogP contribution is 2.42. The van der Waals surface area contributed by atoms with Gasteiger partial charge >= 0.3 is 0 Å². The number of nitriles is 1. The molecule has 2 amide bonds. The molecule has 1 atom stereocenters. The van der Waals surface area contributed by atoms with E-state index in [1.165, 1.54) is 22.9 Å². The number of anilines is 1. The predicted molar refractivity (Wildman–Crippen MR) is 128 cm³/mol. The number of rotatable bonds is 6. The number of hydrogen-bond donors (Lipinski definition) is 1. The molecule has 1 saturated heterocycles. The number of carbonyl (C=O) groups is 2. The number of nitrogens with zero attached hydrogens (tertiary/aromatic N) is 2. The first-order valence-electron chi connectivity index (χ1n) is 10.5. The van der Waals surface area contributed by atoms with E-state index in [0.717, 1.165) is 16.7 Å². The monoisotopic (exact) mass is 457 g/mol. The number of hydrogen-bond acceptors (Lipinski definition) is 5. The Morgan fingerprint density at radius 1 is 1.12 bits per heavy atom. The Hall–Kier alpha value is -3.76. The average Bonchev–Trinajstić information content (AvgIpc) is 3.42. The van der Waals surface area contributed by atoms with Gasteiger partial charge in [-0.05, 0) is 50.1 Å². The van der Waals surface area contributed by atoms with Crippen LogP contribution in [0.15, 0.2) is 81.9 Å². The van der Waals surface area contributed by atoms with Crippen molar-refractivity contribution in [3.63, 3.8) is 0 Å². The lowest BCUT2D eigenvalue weighted by Crippen LogP contribution is -2.32. The molecule has 1 fully saturated rings. The third kappa shape index (κ3) is 5.02. The van der Waals surface area contributed by atoms with Gasteiger partial charge in [0.15, 0.2) is 0 Å². The second-order valence-corrected chi connectivity index (χ2v) is 9.05. The van der Waals surface area contributed by atoms with Gasteiger partial charge < -0.3 is 9.73 Å². The number of aryl methyl sites for hydroxylation is 2. The second-order valence-electron chi connectivity index (χ2n) is 7.86. The van der Waals surface area contributed by atoms with Gasteiger partial charge in [-0.25, -0.2) is 0 Å². The van der Waals surface area contributed by atoms with Gasteiger partial charge in [0.1, 0.15) is 22.4 Å². The normalized spacial score (nSPS) is 17.1. The van der Waals surface area contributed by atoms with Gasteiger partial charge in [-0.1, -0.05) is 59.3 Å². The van der Waals surface area contributed by atoms with E-state index < -0.39 is 11.2 Å². The molecule has 33 heavy (non-hydrogen) atoms. The molecule has 6 nitrogen and oxygen atoms in total. The fourth-order valence-electron chi connectivity index (χ4n) is 3.64. The van der Waals surface area contributed by atoms with Crippen molar-refractivity contribution in [2.45, 2.75) is 32.1 Å². The van der Waals surface area contributed by atoms with Crippen LogP contribution < -0.4 is 10.2 Å². The number of carbonyl (C=O) groups excluding carboxylic acids is 2. The maximum atomic E-state index is 13.5. The van der Waals surface area contributed by atoms with Crippen LogP contribution in [0, 0.1) is 25.2 Å². The minimum absolute atomic E-state index is 0.0905. The smallest absolute Gasteiger partial charge is 0.265 e. The van der Waals surface area contributed by atoms with Crippen LogP contribution in [0.25, 0.3) is 0 Å². The first kappa shape index (κ1) is 22.4. The van der Waals surface area contributed by atoms with Crippen molar-refractivity contribution in [1.82, 2.24) is 5.32 Å². The van der Waals surface area contributed by atoms with Crippen LogP contribution >= 0.6 is 11.8 Å². The van der Waals surface area contributed by atoms with Crippen LogP contribution in [-0.2, 0) is 22.6 Å². The number of nitrogens with one attached hydrogen (secondary N) is 1. The largest absolute Gasteiger partial charge is 0.467 e. The van der Waals surface area contributed by atoms with Crippen LogP contribution in [0.2, 0.25) is 0 Å².